The number of rotatable bonds is 3. The first-order chi connectivity index (χ1) is 7.31. The molecule has 1 aromatic heterocycles. The summed E-state index contributed by atoms with van der Waals surface area (Å²) >= 11 is 5.55. The summed E-state index contributed by atoms with van der Waals surface area (Å²) in [4.78, 5) is 1.87. The first-order valence-electron chi connectivity index (χ1n) is 5.17. The van der Waals surface area contributed by atoms with Crippen molar-refractivity contribution >= 4 is 27.3 Å². The first kappa shape index (κ1) is 10.1. The molecule has 0 amide bonds. The summed E-state index contributed by atoms with van der Waals surface area (Å²) in [5.74, 6) is 2.37. The average Bonchev–Trinajstić information content (AvgIpc) is 2.73. The SMILES string of the molecule is COc1ccc(C(Br)C2C3COCC32)s1. The van der Waals surface area contributed by atoms with E-state index >= 15 is 0 Å². The largest absolute Gasteiger partial charge is 0.487 e. The molecule has 0 bridgehead atoms. The van der Waals surface area contributed by atoms with Gasteiger partial charge in [-0.2, -0.15) is 0 Å². The summed E-state index contributed by atoms with van der Waals surface area (Å²) < 4.78 is 10.6. The van der Waals surface area contributed by atoms with Crippen molar-refractivity contribution in [2.24, 2.45) is 17.8 Å². The highest BCUT2D eigenvalue weighted by molar-refractivity contribution is 9.09. The van der Waals surface area contributed by atoms with E-state index in [2.05, 4.69) is 22.0 Å². The maximum atomic E-state index is 5.41. The van der Waals surface area contributed by atoms with Crippen LogP contribution in [0.15, 0.2) is 12.1 Å². The Balaban J connectivity index is 1.72. The third-order valence-electron chi connectivity index (χ3n) is 3.43. The summed E-state index contributed by atoms with van der Waals surface area (Å²) in [5.41, 5.74) is 0. The van der Waals surface area contributed by atoms with Gasteiger partial charge in [-0.3, -0.25) is 0 Å². The molecule has 0 N–H and O–H groups in total. The Morgan fingerprint density at radius 2 is 2.20 bits per heavy atom. The Morgan fingerprint density at radius 1 is 1.47 bits per heavy atom. The molecule has 15 heavy (non-hydrogen) atoms. The Bertz CT molecular complexity index is 355. The van der Waals surface area contributed by atoms with E-state index in [0.29, 0.717) is 4.83 Å². The van der Waals surface area contributed by atoms with Crippen molar-refractivity contribution in [2.45, 2.75) is 4.83 Å². The van der Waals surface area contributed by atoms with E-state index in [1.165, 1.54) is 4.88 Å². The van der Waals surface area contributed by atoms with Crippen LogP contribution in [-0.2, 0) is 4.74 Å². The van der Waals surface area contributed by atoms with Crippen molar-refractivity contribution in [3.05, 3.63) is 17.0 Å². The topological polar surface area (TPSA) is 18.5 Å². The summed E-state index contributed by atoms with van der Waals surface area (Å²) in [7, 11) is 1.72. The van der Waals surface area contributed by atoms with Crippen LogP contribution < -0.4 is 4.74 Å². The molecule has 82 valence electrons. The quantitative estimate of drug-likeness (QED) is 0.796. The number of methoxy groups -OCH3 is 1. The fraction of sp³-hybridized carbons (Fsp3) is 0.636. The molecule has 1 saturated carbocycles. The van der Waals surface area contributed by atoms with Gasteiger partial charge in [0.05, 0.1) is 25.2 Å². The number of thiophene rings is 1. The monoisotopic (exact) mass is 288 g/mol. The maximum absolute atomic E-state index is 5.41. The van der Waals surface area contributed by atoms with E-state index in [1.54, 1.807) is 18.4 Å². The Hall–Kier alpha value is -0.0600. The molecular weight excluding hydrogens is 276 g/mol. The van der Waals surface area contributed by atoms with E-state index in [-0.39, 0.29) is 0 Å². The second-order valence-corrected chi connectivity index (χ2v) is 6.27. The Morgan fingerprint density at radius 3 is 2.80 bits per heavy atom. The summed E-state index contributed by atoms with van der Waals surface area (Å²) in [6.45, 7) is 1.92. The minimum Gasteiger partial charge on any atom is -0.487 e. The predicted octanol–water partition coefficient (Wildman–Crippen LogP) is 3.09. The minimum absolute atomic E-state index is 0.491. The highest BCUT2D eigenvalue weighted by atomic mass is 79.9. The predicted molar refractivity (Wildman–Crippen MR) is 63.8 cm³/mol. The fourth-order valence-corrected chi connectivity index (χ4v) is 4.57. The van der Waals surface area contributed by atoms with Crippen molar-refractivity contribution in [3.8, 4) is 5.06 Å². The van der Waals surface area contributed by atoms with Gasteiger partial charge in [-0.25, -0.2) is 0 Å². The van der Waals surface area contributed by atoms with Gasteiger partial charge >= 0.3 is 0 Å². The summed E-state index contributed by atoms with van der Waals surface area (Å²) in [6.07, 6.45) is 0. The van der Waals surface area contributed by atoms with Gasteiger partial charge in [0.2, 0.25) is 0 Å². The molecular formula is C11H13BrO2S. The van der Waals surface area contributed by atoms with Gasteiger partial charge < -0.3 is 9.47 Å². The number of hydrogen-bond acceptors (Lipinski definition) is 3. The van der Waals surface area contributed by atoms with Crippen LogP contribution in [0.1, 0.15) is 9.70 Å². The second kappa shape index (κ2) is 3.75. The van der Waals surface area contributed by atoms with Gasteiger partial charge in [0.25, 0.3) is 0 Å². The van der Waals surface area contributed by atoms with Crippen molar-refractivity contribution in [1.82, 2.24) is 0 Å². The van der Waals surface area contributed by atoms with E-state index < -0.39 is 0 Å². The van der Waals surface area contributed by atoms with Crippen LogP contribution in [0.5, 0.6) is 5.06 Å². The van der Waals surface area contributed by atoms with Crippen molar-refractivity contribution in [2.75, 3.05) is 20.3 Å². The van der Waals surface area contributed by atoms with E-state index in [4.69, 9.17) is 9.47 Å². The lowest BCUT2D eigenvalue weighted by Crippen LogP contribution is -2.02. The zero-order valence-corrected chi connectivity index (χ0v) is 10.9. The molecule has 1 aliphatic carbocycles. The number of hydrogen-bond donors (Lipinski definition) is 0. The molecule has 1 saturated heterocycles. The van der Waals surface area contributed by atoms with Crippen LogP contribution in [0.3, 0.4) is 0 Å². The molecule has 3 rings (SSSR count). The molecule has 3 atom stereocenters. The number of ether oxygens (including phenoxy) is 2. The number of halogens is 1. The average molecular weight is 289 g/mol. The smallest absolute Gasteiger partial charge is 0.173 e. The van der Waals surface area contributed by atoms with Crippen LogP contribution in [-0.4, -0.2) is 20.3 Å². The first-order valence-corrected chi connectivity index (χ1v) is 6.90. The molecule has 0 radical (unpaired) electrons. The third-order valence-corrected chi connectivity index (χ3v) is 5.97. The van der Waals surface area contributed by atoms with Crippen LogP contribution in [0.25, 0.3) is 0 Å². The molecule has 0 spiro atoms. The second-order valence-electron chi connectivity index (χ2n) is 4.21. The van der Waals surface area contributed by atoms with Crippen molar-refractivity contribution in [3.63, 3.8) is 0 Å². The van der Waals surface area contributed by atoms with Gasteiger partial charge in [0.1, 0.15) is 0 Å². The van der Waals surface area contributed by atoms with Gasteiger partial charge in [0.15, 0.2) is 5.06 Å². The zero-order valence-electron chi connectivity index (χ0n) is 8.48. The molecule has 2 aliphatic rings. The van der Waals surface area contributed by atoms with Gasteiger partial charge in [-0.05, 0) is 29.9 Å². The lowest BCUT2D eigenvalue weighted by molar-refractivity contribution is 0.151. The zero-order chi connectivity index (χ0) is 10.4. The van der Waals surface area contributed by atoms with E-state index in [1.807, 2.05) is 6.07 Å². The van der Waals surface area contributed by atoms with Crippen LogP contribution in [0.4, 0.5) is 0 Å². The van der Waals surface area contributed by atoms with Gasteiger partial charge in [-0.1, -0.05) is 15.9 Å². The van der Waals surface area contributed by atoms with Crippen molar-refractivity contribution in [1.29, 1.82) is 0 Å². The Labute approximate surface area is 102 Å². The maximum Gasteiger partial charge on any atom is 0.173 e. The fourth-order valence-electron chi connectivity index (χ4n) is 2.50. The highest BCUT2D eigenvalue weighted by Crippen LogP contribution is 2.60. The standard InChI is InChI=1S/C11H13BrO2S/c1-13-9-3-2-8(15-9)11(12)10-6-4-14-5-7(6)10/h2-3,6-7,10-11H,4-5H2,1H3. The van der Waals surface area contributed by atoms with Gasteiger partial charge in [-0.15, -0.1) is 11.3 Å². The summed E-state index contributed by atoms with van der Waals surface area (Å²) in [5, 5.41) is 0.997. The van der Waals surface area contributed by atoms with E-state index in [0.717, 1.165) is 36.0 Å². The van der Waals surface area contributed by atoms with E-state index in [9.17, 15) is 0 Å². The molecule has 2 fully saturated rings. The lowest BCUT2D eigenvalue weighted by Gasteiger charge is -2.09. The Kier molecular flexibility index (Phi) is 2.53. The lowest BCUT2D eigenvalue weighted by atomic mass is 10.2. The molecule has 1 aliphatic heterocycles. The van der Waals surface area contributed by atoms with Crippen LogP contribution in [0.2, 0.25) is 0 Å². The van der Waals surface area contributed by atoms with Crippen molar-refractivity contribution < 1.29 is 9.47 Å². The molecule has 1 aromatic rings. The molecule has 3 unspecified atom stereocenters. The normalized spacial score (nSPS) is 34.9. The highest BCUT2D eigenvalue weighted by Gasteiger charge is 2.57. The van der Waals surface area contributed by atoms with Crippen LogP contribution >= 0.6 is 27.3 Å². The summed E-state index contributed by atoms with van der Waals surface area (Å²) in [6, 6.07) is 4.21. The third kappa shape index (κ3) is 1.63. The molecule has 4 heteroatoms. The van der Waals surface area contributed by atoms with Crippen LogP contribution in [0, 0.1) is 17.8 Å². The molecule has 0 aromatic carbocycles. The minimum atomic E-state index is 0.491. The number of fused-ring (bicyclic) bond motifs is 1. The molecule has 2 nitrogen and oxygen atoms in total. The number of alkyl halides is 1. The molecule has 2 heterocycles. The van der Waals surface area contributed by atoms with Gasteiger partial charge in [0, 0.05) is 4.88 Å².